The molecule has 0 atom stereocenters. The van der Waals surface area contributed by atoms with Crippen molar-refractivity contribution in [1.82, 2.24) is 19.9 Å². The highest BCUT2D eigenvalue weighted by molar-refractivity contribution is 7.98. The minimum atomic E-state index is -0.0163. The number of rotatable bonds is 6. The van der Waals surface area contributed by atoms with Gasteiger partial charge >= 0.3 is 0 Å². The molecule has 2 aromatic rings. The molecule has 0 bridgehead atoms. The van der Waals surface area contributed by atoms with Gasteiger partial charge < -0.3 is 10.6 Å². The van der Waals surface area contributed by atoms with Crippen LogP contribution in [0.1, 0.15) is 11.3 Å². The maximum Gasteiger partial charge on any atom is 0.244 e. The predicted molar refractivity (Wildman–Crippen MR) is 82.6 cm³/mol. The van der Waals surface area contributed by atoms with Crippen molar-refractivity contribution in [1.29, 1.82) is 0 Å². The van der Waals surface area contributed by atoms with Gasteiger partial charge in [-0.1, -0.05) is 17.3 Å². The van der Waals surface area contributed by atoms with Gasteiger partial charge in [0.15, 0.2) is 0 Å². The summed E-state index contributed by atoms with van der Waals surface area (Å²) in [5.41, 5.74) is 7.25. The lowest BCUT2D eigenvalue weighted by atomic mass is 10.2. The van der Waals surface area contributed by atoms with Crippen LogP contribution >= 0.6 is 11.8 Å². The van der Waals surface area contributed by atoms with Gasteiger partial charge in [-0.15, -0.1) is 16.9 Å². The van der Waals surface area contributed by atoms with Gasteiger partial charge in [-0.2, -0.15) is 0 Å². The topological polar surface area (TPSA) is 77.0 Å². The maximum absolute atomic E-state index is 12.1. The highest BCUT2D eigenvalue weighted by Crippen LogP contribution is 2.15. The maximum atomic E-state index is 12.1. The molecule has 0 aliphatic carbocycles. The van der Waals surface area contributed by atoms with E-state index in [4.69, 9.17) is 5.73 Å². The monoisotopic (exact) mass is 305 g/mol. The van der Waals surface area contributed by atoms with Crippen molar-refractivity contribution in [3.8, 4) is 0 Å². The third kappa shape index (κ3) is 4.30. The van der Waals surface area contributed by atoms with Crippen LogP contribution in [-0.4, -0.2) is 39.1 Å². The van der Waals surface area contributed by atoms with Gasteiger partial charge in [0.2, 0.25) is 5.91 Å². The lowest BCUT2D eigenvalue weighted by molar-refractivity contribution is -0.131. The zero-order valence-corrected chi connectivity index (χ0v) is 13.0. The van der Waals surface area contributed by atoms with Gasteiger partial charge in [-0.05, 0) is 24.0 Å². The molecule has 2 rings (SSSR count). The Hall–Kier alpha value is -1.86. The Balaban J connectivity index is 1.92. The van der Waals surface area contributed by atoms with E-state index >= 15 is 0 Å². The smallest absolute Gasteiger partial charge is 0.244 e. The van der Waals surface area contributed by atoms with Crippen molar-refractivity contribution in [2.75, 3.05) is 13.3 Å². The minimum Gasteiger partial charge on any atom is -0.340 e. The van der Waals surface area contributed by atoms with Crippen LogP contribution in [0, 0.1) is 0 Å². The van der Waals surface area contributed by atoms with E-state index in [1.807, 2.05) is 18.4 Å². The van der Waals surface area contributed by atoms with Crippen molar-refractivity contribution in [2.45, 2.75) is 24.5 Å². The highest BCUT2D eigenvalue weighted by atomic mass is 32.2. The second kappa shape index (κ2) is 7.24. The Labute approximate surface area is 128 Å². The van der Waals surface area contributed by atoms with E-state index in [0.29, 0.717) is 18.8 Å². The molecule has 21 heavy (non-hydrogen) atoms. The summed E-state index contributed by atoms with van der Waals surface area (Å²) in [7, 11) is 1.78. The molecule has 0 spiro atoms. The third-order valence-corrected chi connectivity index (χ3v) is 3.84. The van der Waals surface area contributed by atoms with E-state index < -0.39 is 0 Å². The van der Waals surface area contributed by atoms with Crippen molar-refractivity contribution in [3.63, 3.8) is 0 Å². The number of aromatic nitrogens is 3. The summed E-state index contributed by atoms with van der Waals surface area (Å²) in [5.74, 6) is -0.0163. The second-order valence-electron chi connectivity index (χ2n) is 4.71. The molecule has 0 saturated carbocycles. The molecule has 1 heterocycles. The first-order chi connectivity index (χ1) is 10.1. The molecular formula is C14H19N5OS. The summed E-state index contributed by atoms with van der Waals surface area (Å²) >= 11 is 1.70. The van der Waals surface area contributed by atoms with Crippen LogP contribution < -0.4 is 5.73 Å². The van der Waals surface area contributed by atoms with Crippen LogP contribution in [0.3, 0.4) is 0 Å². The largest absolute Gasteiger partial charge is 0.340 e. The lowest BCUT2D eigenvalue weighted by Crippen LogP contribution is -2.30. The molecule has 1 amide bonds. The van der Waals surface area contributed by atoms with Crippen molar-refractivity contribution in [3.05, 3.63) is 41.7 Å². The van der Waals surface area contributed by atoms with E-state index in [9.17, 15) is 4.79 Å². The summed E-state index contributed by atoms with van der Waals surface area (Å²) in [6.07, 6.45) is 3.73. The first-order valence-corrected chi connectivity index (χ1v) is 7.81. The summed E-state index contributed by atoms with van der Waals surface area (Å²) in [5, 5.41) is 7.74. The van der Waals surface area contributed by atoms with Crippen molar-refractivity contribution >= 4 is 17.7 Å². The molecule has 2 N–H and O–H groups in total. The average Bonchev–Trinajstić information content (AvgIpc) is 2.95. The summed E-state index contributed by atoms with van der Waals surface area (Å²) < 4.78 is 1.51. The van der Waals surface area contributed by atoms with E-state index in [2.05, 4.69) is 22.4 Å². The second-order valence-corrected chi connectivity index (χ2v) is 5.59. The van der Waals surface area contributed by atoms with Gasteiger partial charge in [-0.3, -0.25) is 4.79 Å². The average molecular weight is 305 g/mol. The molecule has 112 valence electrons. The van der Waals surface area contributed by atoms with Crippen molar-refractivity contribution in [2.24, 2.45) is 5.73 Å². The van der Waals surface area contributed by atoms with Gasteiger partial charge in [0, 0.05) is 25.0 Å². The van der Waals surface area contributed by atoms with Crippen LogP contribution in [0.5, 0.6) is 0 Å². The molecule has 0 saturated heterocycles. The molecule has 0 aliphatic rings. The lowest BCUT2D eigenvalue weighted by Gasteiger charge is -2.17. The number of carbonyl (C=O) groups is 1. The Morgan fingerprint density at radius 3 is 2.67 bits per heavy atom. The SMILES string of the molecule is CSc1ccc(CN(C)C(=O)Cn2cc(CN)nn2)cc1. The number of nitrogens with two attached hydrogens (primary N) is 1. The van der Waals surface area contributed by atoms with Crippen LogP contribution in [-0.2, 0) is 24.4 Å². The number of carbonyl (C=O) groups excluding carboxylic acids is 1. The number of benzene rings is 1. The predicted octanol–water partition coefficient (Wildman–Crippen LogP) is 1.12. The Morgan fingerprint density at radius 1 is 1.38 bits per heavy atom. The van der Waals surface area contributed by atoms with Crippen LogP contribution in [0.2, 0.25) is 0 Å². The first kappa shape index (κ1) is 15.5. The molecular weight excluding hydrogens is 286 g/mol. The zero-order valence-electron chi connectivity index (χ0n) is 12.2. The Morgan fingerprint density at radius 2 is 2.10 bits per heavy atom. The molecule has 6 nitrogen and oxygen atoms in total. The number of hydrogen-bond acceptors (Lipinski definition) is 5. The van der Waals surface area contributed by atoms with E-state index in [-0.39, 0.29) is 12.5 Å². The first-order valence-electron chi connectivity index (χ1n) is 6.58. The molecule has 0 radical (unpaired) electrons. The molecule has 0 aliphatic heterocycles. The quantitative estimate of drug-likeness (QED) is 0.809. The minimum absolute atomic E-state index is 0.0163. The zero-order chi connectivity index (χ0) is 15.2. The fraction of sp³-hybridized carbons (Fsp3) is 0.357. The van der Waals surface area contributed by atoms with Crippen LogP contribution in [0.15, 0.2) is 35.4 Å². The standard InChI is InChI=1S/C14H19N5OS/c1-18(8-11-3-5-13(21-2)6-4-11)14(20)10-19-9-12(7-15)16-17-19/h3-6,9H,7-8,10,15H2,1-2H3. The molecule has 0 fully saturated rings. The third-order valence-electron chi connectivity index (χ3n) is 3.10. The number of likely N-dealkylation sites (N-methyl/N-ethyl adjacent to an activating group) is 1. The number of hydrogen-bond donors (Lipinski definition) is 1. The normalized spacial score (nSPS) is 10.6. The summed E-state index contributed by atoms with van der Waals surface area (Å²) in [6.45, 7) is 1.07. The van der Waals surface area contributed by atoms with E-state index in [0.717, 1.165) is 5.56 Å². The van der Waals surface area contributed by atoms with Crippen LogP contribution in [0.4, 0.5) is 0 Å². The van der Waals surface area contributed by atoms with Gasteiger partial charge in [0.05, 0.1) is 11.9 Å². The Kier molecular flexibility index (Phi) is 5.35. The fourth-order valence-corrected chi connectivity index (χ4v) is 2.27. The molecule has 1 aromatic carbocycles. The van der Waals surface area contributed by atoms with Gasteiger partial charge in [-0.25, -0.2) is 4.68 Å². The summed E-state index contributed by atoms with van der Waals surface area (Å²) in [4.78, 5) is 15.0. The van der Waals surface area contributed by atoms with E-state index in [1.165, 1.54) is 9.58 Å². The van der Waals surface area contributed by atoms with Crippen LogP contribution in [0.25, 0.3) is 0 Å². The summed E-state index contributed by atoms with van der Waals surface area (Å²) in [6, 6.07) is 8.20. The fourth-order valence-electron chi connectivity index (χ4n) is 1.86. The molecule has 1 aromatic heterocycles. The highest BCUT2D eigenvalue weighted by Gasteiger charge is 2.11. The van der Waals surface area contributed by atoms with E-state index in [1.54, 1.807) is 29.9 Å². The van der Waals surface area contributed by atoms with Gasteiger partial charge in [0.1, 0.15) is 6.54 Å². The molecule has 7 heteroatoms. The number of amides is 1. The van der Waals surface area contributed by atoms with Crippen molar-refractivity contribution < 1.29 is 4.79 Å². The van der Waals surface area contributed by atoms with Gasteiger partial charge in [0.25, 0.3) is 0 Å². The molecule has 0 unspecified atom stereocenters. The number of thioether (sulfide) groups is 1. The number of nitrogens with zero attached hydrogens (tertiary/aromatic N) is 4. The Bertz CT molecular complexity index is 596.